The zero-order valence-corrected chi connectivity index (χ0v) is 12.9. The number of rotatable bonds is 5. The number of methoxy groups -OCH3 is 1. The summed E-state index contributed by atoms with van der Waals surface area (Å²) < 4.78 is 11.4. The van der Waals surface area contributed by atoms with Gasteiger partial charge >= 0.3 is 5.76 Å². The molecule has 0 bridgehead atoms. The first kappa shape index (κ1) is 16.2. The number of oxazole rings is 1. The standard InChI is InChI=1S/C15H11N3O7/c1-24-13-4-2-10(17(20)21)6-9(13)8-16-12-7-11(18(22)23)3-5-14(12)25-15(16)19/h2-7H,8H2,1H3. The molecule has 0 atom stereocenters. The molecule has 2 aromatic carbocycles. The number of aromatic nitrogens is 1. The van der Waals surface area contributed by atoms with E-state index in [4.69, 9.17) is 9.15 Å². The summed E-state index contributed by atoms with van der Waals surface area (Å²) in [7, 11) is 1.39. The minimum Gasteiger partial charge on any atom is -0.496 e. The molecule has 1 heterocycles. The van der Waals surface area contributed by atoms with Gasteiger partial charge in [-0.05, 0) is 12.1 Å². The van der Waals surface area contributed by atoms with Crippen LogP contribution in [0, 0.1) is 20.2 Å². The van der Waals surface area contributed by atoms with Gasteiger partial charge in [0.15, 0.2) is 5.58 Å². The van der Waals surface area contributed by atoms with Crippen molar-refractivity contribution in [1.29, 1.82) is 0 Å². The Bertz CT molecular complexity index is 1050. The molecule has 0 radical (unpaired) electrons. The molecule has 128 valence electrons. The SMILES string of the molecule is COc1ccc([N+](=O)[O-])cc1Cn1c(=O)oc2ccc([N+](=O)[O-])cc21. The number of hydrogen-bond acceptors (Lipinski definition) is 7. The second-order valence-corrected chi connectivity index (χ2v) is 5.12. The molecule has 10 nitrogen and oxygen atoms in total. The van der Waals surface area contributed by atoms with Gasteiger partial charge < -0.3 is 9.15 Å². The van der Waals surface area contributed by atoms with E-state index in [2.05, 4.69) is 0 Å². The summed E-state index contributed by atoms with van der Waals surface area (Å²) in [6.07, 6.45) is 0. The first-order valence-electron chi connectivity index (χ1n) is 7.00. The van der Waals surface area contributed by atoms with Crippen LogP contribution in [0.3, 0.4) is 0 Å². The molecule has 0 N–H and O–H groups in total. The second-order valence-electron chi connectivity index (χ2n) is 5.12. The van der Waals surface area contributed by atoms with Gasteiger partial charge in [-0.1, -0.05) is 0 Å². The van der Waals surface area contributed by atoms with Gasteiger partial charge in [0.1, 0.15) is 5.75 Å². The van der Waals surface area contributed by atoms with E-state index in [1.54, 1.807) is 0 Å². The first-order valence-corrected chi connectivity index (χ1v) is 7.00. The number of nitro groups is 2. The number of nitro benzene ring substituents is 2. The Morgan fingerprint density at radius 3 is 2.36 bits per heavy atom. The van der Waals surface area contributed by atoms with Crippen molar-refractivity contribution in [3.8, 4) is 5.75 Å². The number of ether oxygens (including phenoxy) is 1. The zero-order chi connectivity index (χ0) is 18.1. The van der Waals surface area contributed by atoms with Crippen LogP contribution in [0.2, 0.25) is 0 Å². The van der Waals surface area contributed by atoms with E-state index in [0.717, 1.165) is 4.57 Å². The van der Waals surface area contributed by atoms with Crippen LogP contribution < -0.4 is 10.5 Å². The fourth-order valence-electron chi connectivity index (χ4n) is 2.49. The third-order valence-corrected chi connectivity index (χ3v) is 3.67. The molecule has 0 amide bonds. The van der Waals surface area contributed by atoms with E-state index in [1.807, 2.05) is 0 Å². The summed E-state index contributed by atoms with van der Waals surface area (Å²) in [5.41, 5.74) is 0.399. The summed E-state index contributed by atoms with van der Waals surface area (Å²) in [6.45, 7) is -0.0994. The van der Waals surface area contributed by atoms with Gasteiger partial charge in [0, 0.05) is 29.8 Å². The van der Waals surface area contributed by atoms with Crippen molar-refractivity contribution in [1.82, 2.24) is 4.57 Å². The molecule has 0 unspecified atom stereocenters. The van der Waals surface area contributed by atoms with Crippen molar-refractivity contribution >= 4 is 22.5 Å². The summed E-state index contributed by atoms with van der Waals surface area (Å²) in [4.78, 5) is 32.8. The topological polar surface area (TPSA) is 131 Å². The molecule has 0 aliphatic carbocycles. The number of nitrogens with zero attached hydrogens (tertiary/aromatic N) is 3. The minimum absolute atomic E-state index is 0.0994. The van der Waals surface area contributed by atoms with Crippen molar-refractivity contribution in [2.75, 3.05) is 7.11 Å². The third-order valence-electron chi connectivity index (χ3n) is 3.67. The smallest absolute Gasteiger partial charge is 0.420 e. The number of hydrogen-bond donors (Lipinski definition) is 0. The Morgan fingerprint density at radius 2 is 1.72 bits per heavy atom. The van der Waals surface area contributed by atoms with Gasteiger partial charge in [0.05, 0.1) is 29.0 Å². The van der Waals surface area contributed by atoms with Crippen molar-refractivity contribution in [3.05, 3.63) is 72.7 Å². The minimum atomic E-state index is -0.732. The van der Waals surface area contributed by atoms with E-state index >= 15 is 0 Å². The number of fused-ring (bicyclic) bond motifs is 1. The Hall–Kier alpha value is -3.69. The zero-order valence-electron chi connectivity index (χ0n) is 12.9. The summed E-state index contributed by atoms with van der Waals surface area (Å²) in [5.74, 6) is -0.388. The molecular formula is C15H11N3O7. The number of non-ortho nitro benzene ring substituents is 2. The maximum Gasteiger partial charge on any atom is 0.420 e. The molecule has 0 fully saturated rings. The normalized spacial score (nSPS) is 10.8. The van der Waals surface area contributed by atoms with Crippen LogP contribution in [-0.2, 0) is 6.54 Å². The van der Waals surface area contributed by atoms with Crippen LogP contribution in [0.15, 0.2) is 45.6 Å². The molecular weight excluding hydrogens is 334 g/mol. The lowest BCUT2D eigenvalue weighted by atomic mass is 10.1. The highest BCUT2D eigenvalue weighted by atomic mass is 16.6. The molecule has 0 saturated heterocycles. The van der Waals surface area contributed by atoms with Gasteiger partial charge in [-0.15, -0.1) is 0 Å². The van der Waals surface area contributed by atoms with Crippen LogP contribution >= 0.6 is 0 Å². The largest absolute Gasteiger partial charge is 0.496 e. The predicted molar refractivity (Wildman–Crippen MR) is 85.9 cm³/mol. The summed E-state index contributed by atoms with van der Waals surface area (Å²) >= 11 is 0. The van der Waals surface area contributed by atoms with Gasteiger partial charge in [-0.25, -0.2) is 4.79 Å². The maximum absolute atomic E-state index is 12.1. The van der Waals surface area contributed by atoms with Crippen LogP contribution in [0.1, 0.15) is 5.56 Å². The van der Waals surface area contributed by atoms with Crippen LogP contribution in [-0.4, -0.2) is 21.5 Å². The summed E-state index contributed by atoms with van der Waals surface area (Å²) in [5, 5.41) is 21.9. The van der Waals surface area contributed by atoms with Gasteiger partial charge in [-0.3, -0.25) is 24.8 Å². The maximum atomic E-state index is 12.1. The van der Waals surface area contributed by atoms with Crippen molar-refractivity contribution in [3.63, 3.8) is 0 Å². The Kier molecular flexibility index (Phi) is 3.93. The average Bonchev–Trinajstić information content (AvgIpc) is 2.89. The fraction of sp³-hybridized carbons (Fsp3) is 0.133. The van der Waals surface area contributed by atoms with Crippen LogP contribution in [0.25, 0.3) is 11.1 Å². The Morgan fingerprint density at radius 1 is 1.08 bits per heavy atom. The van der Waals surface area contributed by atoms with Gasteiger partial charge in [-0.2, -0.15) is 0 Å². The monoisotopic (exact) mass is 345 g/mol. The average molecular weight is 345 g/mol. The fourth-order valence-corrected chi connectivity index (χ4v) is 2.49. The lowest BCUT2D eigenvalue weighted by molar-refractivity contribution is -0.385. The molecule has 25 heavy (non-hydrogen) atoms. The highest BCUT2D eigenvalue weighted by molar-refractivity contribution is 5.76. The van der Waals surface area contributed by atoms with E-state index in [0.29, 0.717) is 11.3 Å². The predicted octanol–water partition coefficient (Wildman–Crippen LogP) is 2.47. The molecule has 0 saturated carbocycles. The highest BCUT2D eigenvalue weighted by Gasteiger charge is 2.17. The molecule has 10 heteroatoms. The Balaban J connectivity index is 2.14. The lowest BCUT2D eigenvalue weighted by Crippen LogP contribution is -2.15. The van der Waals surface area contributed by atoms with Crippen LogP contribution in [0.4, 0.5) is 11.4 Å². The van der Waals surface area contributed by atoms with Crippen LogP contribution in [0.5, 0.6) is 5.75 Å². The molecule has 0 aliphatic rings. The second kappa shape index (κ2) is 6.07. The molecule has 3 aromatic rings. The molecule has 0 aliphatic heterocycles. The van der Waals surface area contributed by atoms with Gasteiger partial charge in [0.2, 0.25) is 0 Å². The van der Waals surface area contributed by atoms with E-state index in [-0.39, 0.29) is 29.0 Å². The van der Waals surface area contributed by atoms with Gasteiger partial charge in [0.25, 0.3) is 11.4 Å². The van der Waals surface area contributed by atoms with Crippen molar-refractivity contribution in [2.45, 2.75) is 6.54 Å². The van der Waals surface area contributed by atoms with Crippen molar-refractivity contribution in [2.24, 2.45) is 0 Å². The van der Waals surface area contributed by atoms with E-state index in [1.165, 1.54) is 43.5 Å². The number of benzene rings is 2. The first-order chi connectivity index (χ1) is 11.9. The molecule has 0 spiro atoms. The quantitative estimate of drug-likeness (QED) is 0.512. The van der Waals surface area contributed by atoms with E-state index < -0.39 is 15.6 Å². The van der Waals surface area contributed by atoms with E-state index in [9.17, 15) is 25.0 Å². The van der Waals surface area contributed by atoms with Crippen molar-refractivity contribution < 1.29 is 19.0 Å². The highest BCUT2D eigenvalue weighted by Crippen LogP contribution is 2.26. The third kappa shape index (κ3) is 2.92. The molecule has 3 rings (SSSR count). The lowest BCUT2D eigenvalue weighted by Gasteiger charge is -2.08. The Labute approximate surface area is 139 Å². The molecule has 1 aromatic heterocycles. The summed E-state index contributed by atoms with van der Waals surface area (Å²) in [6, 6.07) is 7.75.